The highest BCUT2D eigenvalue weighted by molar-refractivity contribution is 9.10. The molecule has 3 aromatic carbocycles. The van der Waals surface area contributed by atoms with Crippen molar-refractivity contribution in [3.05, 3.63) is 93.4 Å². The number of carbonyl (C=O) groups is 2. The van der Waals surface area contributed by atoms with Crippen molar-refractivity contribution in [2.45, 2.75) is 0 Å². The van der Waals surface area contributed by atoms with Gasteiger partial charge in [-0.2, -0.15) is 5.10 Å². The Morgan fingerprint density at radius 2 is 1.70 bits per heavy atom. The second kappa shape index (κ2) is 10.6. The molecule has 0 radical (unpaired) electrons. The molecule has 0 unspecified atom stereocenters. The number of amides is 1. The Morgan fingerprint density at radius 3 is 2.40 bits per heavy atom. The predicted octanol–water partition coefficient (Wildman–Crippen LogP) is 4.85. The average molecular weight is 488 g/mol. The van der Waals surface area contributed by atoms with Crippen LogP contribution >= 0.6 is 27.5 Å². The number of nitrogens with zero attached hydrogens (tertiary/aromatic N) is 1. The van der Waals surface area contributed by atoms with Gasteiger partial charge in [-0.15, -0.1) is 0 Å². The van der Waals surface area contributed by atoms with E-state index in [1.165, 1.54) is 6.21 Å². The van der Waals surface area contributed by atoms with Crippen molar-refractivity contribution in [1.82, 2.24) is 5.43 Å². The molecule has 0 atom stereocenters. The summed E-state index contributed by atoms with van der Waals surface area (Å²) in [5.74, 6) is -0.0512. The van der Waals surface area contributed by atoms with Crippen LogP contribution in [0, 0.1) is 0 Å². The molecular formula is C22H16BrClN2O4. The fourth-order valence-electron chi connectivity index (χ4n) is 2.29. The summed E-state index contributed by atoms with van der Waals surface area (Å²) < 4.78 is 11.5. The smallest absolute Gasteiger partial charge is 0.343 e. The maximum Gasteiger partial charge on any atom is 0.343 e. The molecular weight excluding hydrogens is 472 g/mol. The van der Waals surface area contributed by atoms with Gasteiger partial charge in [-0.1, -0.05) is 39.7 Å². The molecule has 1 N–H and O–H groups in total. The number of hydrogen-bond acceptors (Lipinski definition) is 5. The van der Waals surface area contributed by atoms with Gasteiger partial charge in [0, 0.05) is 4.47 Å². The Hall–Kier alpha value is -3.16. The first-order chi connectivity index (χ1) is 14.5. The average Bonchev–Trinajstić information content (AvgIpc) is 2.75. The first-order valence-electron chi connectivity index (χ1n) is 8.78. The van der Waals surface area contributed by atoms with Crippen LogP contribution in [-0.4, -0.2) is 24.7 Å². The minimum absolute atomic E-state index is 0.216. The summed E-state index contributed by atoms with van der Waals surface area (Å²) in [7, 11) is 0. The first-order valence-corrected chi connectivity index (χ1v) is 9.95. The summed E-state index contributed by atoms with van der Waals surface area (Å²) in [6.07, 6.45) is 1.47. The fourth-order valence-corrected chi connectivity index (χ4v) is 2.74. The Bertz CT molecular complexity index is 1050. The molecule has 0 aromatic heterocycles. The lowest BCUT2D eigenvalue weighted by Crippen LogP contribution is -2.24. The van der Waals surface area contributed by atoms with Gasteiger partial charge in [-0.05, 0) is 66.2 Å². The second-order valence-electron chi connectivity index (χ2n) is 5.98. The third-order valence-corrected chi connectivity index (χ3v) is 4.61. The van der Waals surface area contributed by atoms with Crippen molar-refractivity contribution in [3.63, 3.8) is 0 Å². The summed E-state index contributed by atoms with van der Waals surface area (Å²) in [6.45, 7) is -0.216. The summed E-state index contributed by atoms with van der Waals surface area (Å²) in [5, 5.41) is 4.30. The van der Waals surface area contributed by atoms with Gasteiger partial charge in [0.25, 0.3) is 5.91 Å². The quantitative estimate of drug-likeness (QED) is 0.224. The number of carbonyl (C=O) groups excluding carboxylic acids is 2. The maximum atomic E-state index is 12.1. The third kappa shape index (κ3) is 6.43. The zero-order valence-corrected chi connectivity index (χ0v) is 17.9. The summed E-state index contributed by atoms with van der Waals surface area (Å²) in [5.41, 5.74) is 3.53. The molecule has 0 aliphatic rings. The third-order valence-electron chi connectivity index (χ3n) is 3.77. The van der Waals surface area contributed by atoms with Crippen LogP contribution in [-0.2, 0) is 4.79 Å². The van der Waals surface area contributed by atoms with Crippen molar-refractivity contribution in [2.24, 2.45) is 5.10 Å². The number of rotatable bonds is 7. The number of ether oxygens (including phenoxy) is 2. The molecule has 0 spiro atoms. The molecule has 1 amide bonds. The van der Waals surface area contributed by atoms with E-state index in [0.29, 0.717) is 27.6 Å². The van der Waals surface area contributed by atoms with E-state index in [4.69, 9.17) is 21.1 Å². The number of benzene rings is 3. The second-order valence-corrected chi connectivity index (χ2v) is 7.30. The Balaban J connectivity index is 1.47. The topological polar surface area (TPSA) is 77.0 Å². The highest BCUT2D eigenvalue weighted by Gasteiger charge is 2.08. The largest absolute Gasteiger partial charge is 0.482 e. The Kier molecular flexibility index (Phi) is 7.59. The van der Waals surface area contributed by atoms with Crippen LogP contribution in [0.1, 0.15) is 15.9 Å². The standard InChI is InChI=1S/C22H16BrClN2O4/c23-17-9-7-16(8-10-17)22(28)30-18-11-5-15(6-12-18)13-25-26-21(27)14-29-20-4-2-1-3-19(20)24/h1-13H,14H2,(H,26,27)/b25-13+. The van der Waals surface area contributed by atoms with E-state index in [1.807, 2.05) is 0 Å². The van der Waals surface area contributed by atoms with Crippen LogP contribution in [0.15, 0.2) is 82.4 Å². The van der Waals surface area contributed by atoms with Gasteiger partial charge in [0.1, 0.15) is 11.5 Å². The van der Waals surface area contributed by atoms with Crippen LogP contribution in [0.3, 0.4) is 0 Å². The molecule has 0 saturated heterocycles. The highest BCUT2D eigenvalue weighted by Crippen LogP contribution is 2.22. The maximum absolute atomic E-state index is 12.1. The molecule has 30 heavy (non-hydrogen) atoms. The number of nitrogens with one attached hydrogen (secondary N) is 1. The zero-order valence-electron chi connectivity index (χ0n) is 15.5. The van der Waals surface area contributed by atoms with Gasteiger partial charge in [0.15, 0.2) is 6.61 Å². The van der Waals surface area contributed by atoms with Crippen LogP contribution in [0.4, 0.5) is 0 Å². The lowest BCUT2D eigenvalue weighted by molar-refractivity contribution is -0.123. The lowest BCUT2D eigenvalue weighted by Gasteiger charge is -2.06. The normalized spacial score (nSPS) is 10.6. The van der Waals surface area contributed by atoms with E-state index in [1.54, 1.807) is 72.8 Å². The summed E-state index contributed by atoms with van der Waals surface area (Å²) in [6, 6.07) is 20.5. The van der Waals surface area contributed by atoms with Crippen LogP contribution < -0.4 is 14.9 Å². The number of halogens is 2. The van der Waals surface area contributed by atoms with Crippen molar-refractivity contribution in [1.29, 1.82) is 0 Å². The number of para-hydroxylation sites is 1. The molecule has 0 fully saturated rings. The molecule has 0 bridgehead atoms. The molecule has 152 valence electrons. The molecule has 0 saturated carbocycles. The molecule has 6 nitrogen and oxygen atoms in total. The van der Waals surface area contributed by atoms with Crippen molar-refractivity contribution in [3.8, 4) is 11.5 Å². The van der Waals surface area contributed by atoms with Gasteiger partial charge in [-0.3, -0.25) is 4.79 Å². The summed E-state index contributed by atoms with van der Waals surface area (Å²) in [4.78, 5) is 23.9. The van der Waals surface area contributed by atoms with E-state index in [2.05, 4.69) is 26.5 Å². The number of esters is 1. The van der Waals surface area contributed by atoms with Crippen molar-refractivity contribution >= 4 is 45.6 Å². The molecule has 0 heterocycles. The van der Waals surface area contributed by atoms with Crippen molar-refractivity contribution < 1.29 is 19.1 Å². The summed E-state index contributed by atoms with van der Waals surface area (Å²) >= 11 is 9.28. The first kappa shape index (κ1) is 21.5. The number of hydrazone groups is 1. The highest BCUT2D eigenvalue weighted by atomic mass is 79.9. The van der Waals surface area contributed by atoms with E-state index < -0.39 is 11.9 Å². The molecule has 0 aliphatic heterocycles. The van der Waals surface area contributed by atoms with E-state index in [-0.39, 0.29) is 6.61 Å². The SMILES string of the molecule is O=C(COc1ccccc1Cl)N/N=C/c1ccc(OC(=O)c2ccc(Br)cc2)cc1. The van der Waals surface area contributed by atoms with Crippen LogP contribution in [0.25, 0.3) is 0 Å². The Labute approximate surface area is 186 Å². The van der Waals surface area contributed by atoms with Gasteiger partial charge >= 0.3 is 5.97 Å². The van der Waals surface area contributed by atoms with E-state index >= 15 is 0 Å². The van der Waals surface area contributed by atoms with Crippen LogP contribution in [0.5, 0.6) is 11.5 Å². The molecule has 3 aromatic rings. The fraction of sp³-hybridized carbons (Fsp3) is 0.0455. The van der Waals surface area contributed by atoms with Crippen molar-refractivity contribution in [2.75, 3.05) is 6.61 Å². The number of hydrogen-bond donors (Lipinski definition) is 1. The Morgan fingerprint density at radius 1 is 1.00 bits per heavy atom. The van der Waals surface area contributed by atoms with Gasteiger partial charge in [0.05, 0.1) is 16.8 Å². The van der Waals surface area contributed by atoms with Crippen LogP contribution in [0.2, 0.25) is 5.02 Å². The van der Waals surface area contributed by atoms with E-state index in [0.717, 1.165) is 4.47 Å². The predicted molar refractivity (Wildman–Crippen MR) is 118 cm³/mol. The van der Waals surface area contributed by atoms with Gasteiger partial charge < -0.3 is 9.47 Å². The molecule has 8 heteroatoms. The minimum Gasteiger partial charge on any atom is -0.482 e. The zero-order chi connectivity index (χ0) is 21.3. The van der Waals surface area contributed by atoms with Gasteiger partial charge in [0.2, 0.25) is 0 Å². The molecule has 0 aliphatic carbocycles. The minimum atomic E-state index is -0.449. The van der Waals surface area contributed by atoms with E-state index in [9.17, 15) is 9.59 Å². The monoisotopic (exact) mass is 486 g/mol. The van der Waals surface area contributed by atoms with Gasteiger partial charge in [-0.25, -0.2) is 10.2 Å². The molecule has 3 rings (SSSR count). The lowest BCUT2D eigenvalue weighted by atomic mass is 10.2.